The minimum Gasteiger partial charge on any atom is -0.457 e. The lowest BCUT2D eigenvalue weighted by Gasteiger charge is -2.29. The Morgan fingerprint density at radius 2 is 1.60 bits per heavy atom. The first-order chi connectivity index (χ1) is 23.3. The number of benzene rings is 3. The minimum absolute atomic E-state index is 0.181. The normalized spacial score (nSPS) is 13.5. The summed E-state index contributed by atoms with van der Waals surface area (Å²) in [5.41, 5.74) is 4.01. The van der Waals surface area contributed by atoms with Gasteiger partial charge in [-0.25, -0.2) is 4.79 Å². The van der Waals surface area contributed by atoms with Crippen molar-refractivity contribution in [3.05, 3.63) is 102 Å². The predicted molar refractivity (Wildman–Crippen MR) is 187 cm³/mol. The number of nitrogens with one attached hydrogen (secondary N) is 4. The third-order valence-electron chi connectivity index (χ3n) is 8.26. The van der Waals surface area contributed by atoms with E-state index in [1.54, 1.807) is 54.6 Å². The van der Waals surface area contributed by atoms with Gasteiger partial charge in [0.1, 0.15) is 11.5 Å². The molecule has 11 heteroatoms. The number of ether oxygens (including phenoxy) is 1. The van der Waals surface area contributed by atoms with Crippen LogP contribution >= 0.6 is 0 Å². The van der Waals surface area contributed by atoms with E-state index in [0.717, 1.165) is 57.4 Å². The summed E-state index contributed by atoms with van der Waals surface area (Å²) in [6.45, 7) is 5.33. The maximum atomic E-state index is 13.0. The Balaban J connectivity index is 1.15. The van der Waals surface area contributed by atoms with Crippen molar-refractivity contribution in [2.75, 3.05) is 37.3 Å². The fourth-order valence-electron chi connectivity index (χ4n) is 5.51. The number of hydrogen-bond donors (Lipinski definition) is 5. The highest BCUT2D eigenvalue weighted by Crippen LogP contribution is 2.29. The molecule has 4 amide bonds. The zero-order chi connectivity index (χ0) is 33.9. The zero-order valence-electron chi connectivity index (χ0n) is 27.5. The third kappa shape index (κ3) is 9.46. The highest BCUT2D eigenvalue weighted by atomic mass is 16.5. The summed E-state index contributed by atoms with van der Waals surface area (Å²) in [5.74, 6) is 0.195. The quantitative estimate of drug-likeness (QED) is 0.110. The molecule has 4 aromatic rings. The Kier molecular flexibility index (Phi) is 11.8. The number of hydrogen-bond acceptors (Lipinski definition) is 6. The molecule has 0 spiro atoms. The van der Waals surface area contributed by atoms with Gasteiger partial charge in [0.2, 0.25) is 0 Å². The molecule has 0 aliphatic carbocycles. The van der Waals surface area contributed by atoms with Crippen molar-refractivity contribution in [3.63, 3.8) is 0 Å². The smallest absolute Gasteiger partial charge is 0.319 e. The van der Waals surface area contributed by atoms with Crippen LogP contribution in [0.25, 0.3) is 5.69 Å². The van der Waals surface area contributed by atoms with Gasteiger partial charge in [-0.05, 0) is 97.6 Å². The minimum atomic E-state index is -0.358. The molecule has 11 nitrogen and oxygen atoms in total. The Morgan fingerprint density at radius 1 is 0.875 bits per heavy atom. The van der Waals surface area contributed by atoms with E-state index in [9.17, 15) is 19.5 Å². The molecule has 0 atom stereocenters. The first-order valence-corrected chi connectivity index (χ1v) is 16.5. The topological polar surface area (TPSA) is 137 Å². The number of carbonyl (C=O) groups excluding carboxylic acids is 3. The number of anilines is 2. The average molecular weight is 653 g/mol. The molecule has 1 aliphatic heterocycles. The van der Waals surface area contributed by atoms with Crippen molar-refractivity contribution in [2.45, 2.75) is 51.7 Å². The average Bonchev–Trinajstić information content (AvgIpc) is 3.57. The molecule has 0 saturated carbocycles. The lowest BCUT2D eigenvalue weighted by atomic mass is 10.1. The van der Waals surface area contributed by atoms with Gasteiger partial charge in [0, 0.05) is 68.2 Å². The maximum absolute atomic E-state index is 13.0. The highest BCUT2D eigenvalue weighted by Gasteiger charge is 2.18. The number of urea groups is 1. The van der Waals surface area contributed by atoms with E-state index in [1.165, 1.54) is 12.6 Å². The molecule has 0 bridgehead atoms. The van der Waals surface area contributed by atoms with Crippen LogP contribution in [0.1, 0.15) is 65.3 Å². The van der Waals surface area contributed by atoms with E-state index in [4.69, 9.17) is 4.74 Å². The Labute approximate surface area is 281 Å². The van der Waals surface area contributed by atoms with Gasteiger partial charge in [-0.1, -0.05) is 19.8 Å². The van der Waals surface area contributed by atoms with Gasteiger partial charge in [0.05, 0.1) is 11.7 Å². The molecule has 0 radical (unpaired) electrons. The molecule has 48 heavy (non-hydrogen) atoms. The molecule has 0 unspecified atom stereocenters. The van der Waals surface area contributed by atoms with Crippen molar-refractivity contribution in [1.82, 2.24) is 20.1 Å². The van der Waals surface area contributed by atoms with Gasteiger partial charge < -0.3 is 35.7 Å². The first-order valence-electron chi connectivity index (χ1n) is 16.5. The number of rotatable bonds is 13. The third-order valence-corrected chi connectivity index (χ3v) is 8.26. The SMILES string of the molecule is CCCCCNC(=O)Nc1ccc(Oc2ccc(NC(=O)c3ccc(-n4ccc(CN5CCC(O)CC5)c4)cc3)cc2)c(C(=O)NC)c1. The Hall–Kier alpha value is -5.13. The van der Waals surface area contributed by atoms with E-state index < -0.39 is 0 Å². The summed E-state index contributed by atoms with van der Waals surface area (Å²) < 4.78 is 8.06. The standard InChI is InChI=1S/C37H44N6O5/c1-3-4-5-19-39-37(47)41-29-10-15-34(33(23-29)36(46)38-2)48-32-13-8-28(9-14-32)40-35(45)27-6-11-30(12-7-27)43-22-16-26(25-43)24-42-20-17-31(44)18-21-42/h6-16,22-23,25,31,44H,3-5,17-21,24H2,1-2H3,(H,38,46)(H,40,45)(H2,39,41,47). The summed E-state index contributed by atoms with van der Waals surface area (Å²) in [6.07, 6.45) is 8.58. The van der Waals surface area contributed by atoms with Crippen LogP contribution in [0.2, 0.25) is 0 Å². The Bertz CT molecular complexity index is 1680. The van der Waals surface area contributed by atoms with Crippen LogP contribution in [0, 0.1) is 0 Å². The fraction of sp³-hybridized carbons (Fsp3) is 0.324. The predicted octanol–water partition coefficient (Wildman–Crippen LogP) is 6.15. The lowest BCUT2D eigenvalue weighted by molar-refractivity contribution is 0.0792. The van der Waals surface area contributed by atoms with Crippen molar-refractivity contribution >= 4 is 29.2 Å². The van der Waals surface area contributed by atoms with Gasteiger partial charge in [-0.15, -0.1) is 0 Å². The van der Waals surface area contributed by atoms with Crippen LogP contribution in [0.15, 0.2) is 85.2 Å². The zero-order valence-corrected chi connectivity index (χ0v) is 27.5. The summed E-state index contributed by atoms with van der Waals surface area (Å²) in [7, 11) is 1.53. The van der Waals surface area contributed by atoms with E-state index >= 15 is 0 Å². The largest absolute Gasteiger partial charge is 0.457 e. The van der Waals surface area contributed by atoms with Gasteiger partial charge >= 0.3 is 6.03 Å². The van der Waals surface area contributed by atoms with Crippen molar-refractivity contribution in [2.24, 2.45) is 0 Å². The molecule has 1 aromatic heterocycles. The number of aromatic nitrogens is 1. The molecular formula is C37H44N6O5. The van der Waals surface area contributed by atoms with Crippen molar-refractivity contribution in [3.8, 4) is 17.2 Å². The van der Waals surface area contributed by atoms with Gasteiger partial charge in [-0.3, -0.25) is 14.5 Å². The summed E-state index contributed by atoms with van der Waals surface area (Å²) in [5, 5.41) is 20.8. The van der Waals surface area contributed by atoms with Crippen LogP contribution in [-0.4, -0.2) is 65.2 Å². The van der Waals surface area contributed by atoms with E-state index in [1.807, 2.05) is 22.9 Å². The lowest BCUT2D eigenvalue weighted by Crippen LogP contribution is -2.35. The summed E-state index contributed by atoms with van der Waals surface area (Å²) >= 11 is 0. The van der Waals surface area contributed by atoms with Gasteiger partial charge in [-0.2, -0.15) is 0 Å². The van der Waals surface area contributed by atoms with E-state index in [-0.39, 0.29) is 29.5 Å². The molecule has 1 aliphatic rings. The molecule has 5 rings (SSSR count). The van der Waals surface area contributed by atoms with Gasteiger partial charge in [0.15, 0.2) is 0 Å². The molecule has 5 N–H and O–H groups in total. The van der Waals surface area contributed by atoms with Crippen LogP contribution in [-0.2, 0) is 6.54 Å². The molecular weight excluding hydrogens is 608 g/mol. The first kappa shape index (κ1) is 34.2. The molecule has 1 fully saturated rings. The van der Waals surface area contributed by atoms with Crippen molar-refractivity contribution < 1.29 is 24.2 Å². The van der Waals surface area contributed by atoms with Crippen molar-refractivity contribution in [1.29, 1.82) is 0 Å². The van der Waals surface area contributed by atoms with Gasteiger partial charge in [0.25, 0.3) is 11.8 Å². The van der Waals surface area contributed by atoms with E-state index in [0.29, 0.717) is 35.0 Å². The molecule has 2 heterocycles. The Morgan fingerprint density at radius 3 is 2.31 bits per heavy atom. The number of aliphatic hydroxyl groups excluding tert-OH is 1. The van der Waals surface area contributed by atoms with Crippen LogP contribution < -0.4 is 26.0 Å². The number of carbonyl (C=O) groups is 3. The number of piperidine rings is 1. The number of unbranched alkanes of at least 4 members (excludes halogenated alkanes) is 2. The number of nitrogens with zero attached hydrogens (tertiary/aromatic N) is 2. The number of likely N-dealkylation sites (tertiary alicyclic amines) is 1. The highest BCUT2D eigenvalue weighted by molar-refractivity contribution is 6.04. The molecule has 1 saturated heterocycles. The maximum Gasteiger partial charge on any atom is 0.319 e. The monoisotopic (exact) mass is 652 g/mol. The second-order valence-corrected chi connectivity index (χ2v) is 11.9. The van der Waals surface area contributed by atoms with Crippen LogP contribution in [0.3, 0.4) is 0 Å². The molecule has 252 valence electrons. The number of aliphatic hydroxyl groups is 1. The number of amides is 4. The van der Waals surface area contributed by atoms with Crippen LogP contribution in [0.4, 0.5) is 16.2 Å². The van der Waals surface area contributed by atoms with E-state index in [2.05, 4.69) is 45.4 Å². The second kappa shape index (κ2) is 16.6. The second-order valence-electron chi connectivity index (χ2n) is 11.9. The summed E-state index contributed by atoms with van der Waals surface area (Å²) in [4.78, 5) is 40.2. The summed E-state index contributed by atoms with van der Waals surface area (Å²) in [6, 6.07) is 20.9. The molecule has 3 aromatic carbocycles. The fourth-order valence-corrected chi connectivity index (χ4v) is 5.51. The van der Waals surface area contributed by atoms with Crippen LogP contribution in [0.5, 0.6) is 11.5 Å².